The molecule has 0 bridgehead atoms. The SMILES string of the molecule is Cc1cccc(Nc2nc(C)c(Cc3cccnc3)c(=O)[nH]2)c1C. The summed E-state index contributed by atoms with van der Waals surface area (Å²) in [5, 5.41) is 3.21. The second-order valence-corrected chi connectivity index (χ2v) is 5.89. The van der Waals surface area contributed by atoms with Gasteiger partial charge < -0.3 is 5.32 Å². The minimum atomic E-state index is -0.126. The molecule has 0 atom stereocenters. The van der Waals surface area contributed by atoms with E-state index in [9.17, 15) is 4.79 Å². The van der Waals surface area contributed by atoms with E-state index in [0.717, 1.165) is 22.5 Å². The molecule has 24 heavy (non-hydrogen) atoms. The van der Waals surface area contributed by atoms with Crippen LogP contribution in [0.5, 0.6) is 0 Å². The maximum absolute atomic E-state index is 12.5. The summed E-state index contributed by atoms with van der Waals surface area (Å²) in [5.41, 5.74) is 5.51. The van der Waals surface area contributed by atoms with E-state index in [2.05, 4.69) is 33.3 Å². The average Bonchev–Trinajstić information content (AvgIpc) is 2.56. The zero-order chi connectivity index (χ0) is 17.1. The van der Waals surface area contributed by atoms with Crippen LogP contribution in [0.4, 0.5) is 11.6 Å². The van der Waals surface area contributed by atoms with E-state index >= 15 is 0 Å². The predicted molar refractivity (Wildman–Crippen MR) is 95.8 cm³/mol. The number of H-pyrrole nitrogens is 1. The molecule has 0 saturated carbocycles. The minimum Gasteiger partial charge on any atom is -0.325 e. The first-order valence-electron chi connectivity index (χ1n) is 7.86. The van der Waals surface area contributed by atoms with Crippen LogP contribution in [0.15, 0.2) is 47.5 Å². The van der Waals surface area contributed by atoms with Crippen LogP contribution < -0.4 is 10.9 Å². The van der Waals surface area contributed by atoms with Crippen LogP contribution in [0, 0.1) is 20.8 Å². The average molecular weight is 320 g/mol. The van der Waals surface area contributed by atoms with Gasteiger partial charge in [-0.05, 0) is 49.6 Å². The Hall–Kier alpha value is -2.95. The summed E-state index contributed by atoms with van der Waals surface area (Å²) in [7, 11) is 0. The summed E-state index contributed by atoms with van der Waals surface area (Å²) < 4.78 is 0. The lowest BCUT2D eigenvalue weighted by Gasteiger charge is -2.12. The van der Waals surface area contributed by atoms with E-state index in [-0.39, 0.29) is 5.56 Å². The Morgan fingerprint density at radius 2 is 1.96 bits per heavy atom. The van der Waals surface area contributed by atoms with Crippen LogP contribution in [-0.4, -0.2) is 15.0 Å². The number of nitrogens with one attached hydrogen (secondary N) is 2. The first-order chi connectivity index (χ1) is 11.5. The molecule has 2 heterocycles. The summed E-state index contributed by atoms with van der Waals surface area (Å²) in [4.78, 5) is 23.9. The van der Waals surface area contributed by atoms with Crippen LogP contribution in [0.3, 0.4) is 0 Å². The standard InChI is InChI=1S/C19H20N4O/c1-12-6-4-8-17(13(12)2)22-19-21-14(3)16(18(24)23-19)10-15-7-5-9-20-11-15/h4-9,11H,10H2,1-3H3,(H2,21,22,23,24). The lowest BCUT2D eigenvalue weighted by atomic mass is 10.1. The molecule has 0 aliphatic heterocycles. The van der Waals surface area contributed by atoms with Crippen LogP contribution >= 0.6 is 0 Å². The van der Waals surface area contributed by atoms with E-state index in [1.165, 1.54) is 5.56 Å². The number of benzene rings is 1. The van der Waals surface area contributed by atoms with E-state index in [0.29, 0.717) is 17.9 Å². The molecule has 0 aliphatic rings. The number of aromatic amines is 1. The third-order valence-electron chi connectivity index (χ3n) is 4.18. The lowest BCUT2D eigenvalue weighted by Crippen LogP contribution is -2.19. The van der Waals surface area contributed by atoms with E-state index in [1.54, 1.807) is 12.4 Å². The van der Waals surface area contributed by atoms with Gasteiger partial charge in [0.05, 0.1) is 5.69 Å². The Labute approximate surface area is 140 Å². The van der Waals surface area contributed by atoms with Crippen LogP contribution in [0.25, 0.3) is 0 Å². The van der Waals surface area contributed by atoms with Gasteiger partial charge in [0.25, 0.3) is 5.56 Å². The van der Waals surface area contributed by atoms with Gasteiger partial charge in [-0.25, -0.2) is 4.98 Å². The Morgan fingerprint density at radius 1 is 1.12 bits per heavy atom. The van der Waals surface area contributed by atoms with Crippen molar-refractivity contribution >= 4 is 11.6 Å². The van der Waals surface area contributed by atoms with Crippen molar-refractivity contribution in [2.45, 2.75) is 27.2 Å². The molecule has 3 aromatic rings. The number of pyridine rings is 1. The van der Waals surface area contributed by atoms with Gasteiger partial charge >= 0.3 is 0 Å². The minimum absolute atomic E-state index is 0.126. The zero-order valence-electron chi connectivity index (χ0n) is 14.1. The largest absolute Gasteiger partial charge is 0.325 e. The lowest BCUT2D eigenvalue weighted by molar-refractivity contribution is 0.980. The first-order valence-corrected chi connectivity index (χ1v) is 7.86. The second kappa shape index (κ2) is 6.66. The summed E-state index contributed by atoms with van der Waals surface area (Å²) in [6.45, 7) is 5.95. The zero-order valence-corrected chi connectivity index (χ0v) is 14.1. The van der Waals surface area contributed by atoms with Crippen LogP contribution in [-0.2, 0) is 6.42 Å². The van der Waals surface area contributed by atoms with Crippen molar-refractivity contribution in [1.29, 1.82) is 0 Å². The van der Waals surface area contributed by atoms with Gasteiger partial charge in [-0.2, -0.15) is 0 Å². The van der Waals surface area contributed by atoms with E-state index in [1.807, 2.05) is 38.1 Å². The molecule has 1 aromatic carbocycles. The summed E-state index contributed by atoms with van der Waals surface area (Å²) in [6.07, 6.45) is 4.00. The molecule has 0 radical (unpaired) electrons. The van der Waals surface area contributed by atoms with Crippen LogP contribution in [0.2, 0.25) is 0 Å². The van der Waals surface area contributed by atoms with Crippen molar-refractivity contribution < 1.29 is 0 Å². The van der Waals surface area contributed by atoms with Crippen molar-refractivity contribution in [3.63, 3.8) is 0 Å². The molecule has 122 valence electrons. The normalized spacial score (nSPS) is 10.6. The molecule has 0 unspecified atom stereocenters. The van der Waals surface area contributed by atoms with Crippen molar-refractivity contribution in [2.75, 3.05) is 5.32 Å². The van der Waals surface area contributed by atoms with Crippen molar-refractivity contribution in [1.82, 2.24) is 15.0 Å². The number of hydrogen-bond acceptors (Lipinski definition) is 4. The second-order valence-electron chi connectivity index (χ2n) is 5.89. The van der Waals surface area contributed by atoms with E-state index in [4.69, 9.17) is 0 Å². The smallest absolute Gasteiger partial charge is 0.256 e. The Bertz CT molecular complexity index is 916. The molecular weight excluding hydrogens is 300 g/mol. The van der Waals surface area contributed by atoms with Gasteiger partial charge in [-0.3, -0.25) is 14.8 Å². The highest BCUT2D eigenvalue weighted by atomic mass is 16.1. The Kier molecular flexibility index (Phi) is 4.42. The van der Waals surface area contributed by atoms with Crippen molar-refractivity contribution in [3.05, 3.63) is 81.0 Å². The van der Waals surface area contributed by atoms with Gasteiger partial charge in [0.2, 0.25) is 5.95 Å². The highest BCUT2D eigenvalue weighted by Crippen LogP contribution is 2.21. The van der Waals surface area contributed by atoms with Gasteiger partial charge in [0, 0.05) is 30.1 Å². The predicted octanol–water partition coefficient (Wildman–Crippen LogP) is 3.42. The number of rotatable bonds is 4. The Balaban J connectivity index is 1.90. The summed E-state index contributed by atoms with van der Waals surface area (Å²) in [5.74, 6) is 0.459. The topological polar surface area (TPSA) is 70.7 Å². The monoisotopic (exact) mass is 320 g/mol. The molecule has 2 aromatic heterocycles. The highest BCUT2D eigenvalue weighted by molar-refractivity contribution is 5.60. The number of anilines is 2. The van der Waals surface area contributed by atoms with Crippen LogP contribution in [0.1, 0.15) is 27.9 Å². The molecule has 0 saturated heterocycles. The number of nitrogens with zero attached hydrogens (tertiary/aromatic N) is 2. The quantitative estimate of drug-likeness (QED) is 0.772. The molecule has 0 aliphatic carbocycles. The first kappa shape index (κ1) is 15.9. The van der Waals surface area contributed by atoms with Gasteiger partial charge in [0.15, 0.2) is 0 Å². The number of hydrogen-bond donors (Lipinski definition) is 2. The van der Waals surface area contributed by atoms with Gasteiger partial charge in [-0.15, -0.1) is 0 Å². The Morgan fingerprint density at radius 3 is 2.67 bits per heavy atom. The van der Waals surface area contributed by atoms with Gasteiger partial charge in [-0.1, -0.05) is 18.2 Å². The number of aryl methyl sites for hydroxylation is 2. The number of aromatic nitrogens is 3. The third kappa shape index (κ3) is 3.35. The van der Waals surface area contributed by atoms with Crippen molar-refractivity contribution in [3.8, 4) is 0 Å². The molecule has 5 nitrogen and oxygen atoms in total. The fourth-order valence-electron chi connectivity index (χ4n) is 2.60. The molecule has 0 amide bonds. The summed E-state index contributed by atoms with van der Waals surface area (Å²) >= 11 is 0. The maximum Gasteiger partial charge on any atom is 0.256 e. The fourth-order valence-corrected chi connectivity index (χ4v) is 2.60. The maximum atomic E-state index is 12.5. The molecule has 5 heteroatoms. The molecule has 0 fully saturated rings. The highest BCUT2D eigenvalue weighted by Gasteiger charge is 2.10. The summed E-state index contributed by atoms with van der Waals surface area (Å²) in [6, 6.07) is 9.82. The van der Waals surface area contributed by atoms with Gasteiger partial charge in [0.1, 0.15) is 0 Å². The molecule has 3 rings (SSSR count). The third-order valence-corrected chi connectivity index (χ3v) is 4.18. The molecule has 0 spiro atoms. The van der Waals surface area contributed by atoms with Crippen molar-refractivity contribution in [2.24, 2.45) is 0 Å². The molecule has 2 N–H and O–H groups in total. The van der Waals surface area contributed by atoms with E-state index < -0.39 is 0 Å². The fraction of sp³-hybridized carbons (Fsp3) is 0.211. The molecular formula is C19H20N4O.